The zero-order chi connectivity index (χ0) is 9.84. The highest BCUT2D eigenvalue weighted by atomic mass is 35.5. The van der Waals surface area contributed by atoms with E-state index in [1.54, 1.807) is 0 Å². The molecule has 14 heavy (non-hydrogen) atoms. The largest absolute Gasteiger partial charge is 0.480 e. The van der Waals surface area contributed by atoms with E-state index in [9.17, 15) is 4.79 Å². The Hall–Kier alpha value is -0.280. The molecule has 1 aliphatic rings. The van der Waals surface area contributed by atoms with Gasteiger partial charge in [0.1, 0.15) is 6.04 Å². The van der Waals surface area contributed by atoms with Crippen LogP contribution in [-0.2, 0) is 4.79 Å². The molecule has 84 valence electrons. The standard InChI is InChI=1S/C10H19NO2.ClH/c1-7(2)5-8-3-4-11-9(6-8)10(12)13;/h7-9,11H,3-6H2,1-2H3,(H,12,13);1H/t8-,9-;/m1./s1. The summed E-state index contributed by atoms with van der Waals surface area (Å²) in [4.78, 5) is 10.7. The molecule has 1 rings (SSSR count). The molecule has 3 nitrogen and oxygen atoms in total. The molecule has 0 amide bonds. The van der Waals surface area contributed by atoms with Crippen molar-refractivity contribution in [1.29, 1.82) is 0 Å². The molecule has 4 heteroatoms. The van der Waals surface area contributed by atoms with Crippen LogP contribution in [0.5, 0.6) is 0 Å². The molecular formula is C10H20ClNO2. The number of piperidine rings is 1. The monoisotopic (exact) mass is 221 g/mol. The van der Waals surface area contributed by atoms with E-state index in [0.29, 0.717) is 11.8 Å². The molecule has 0 aromatic heterocycles. The SMILES string of the molecule is CC(C)C[C@H]1CCN[C@@H](C(=O)O)C1.Cl. The maximum absolute atomic E-state index is 10.7. The van der Waals surface area contributed by atoms with E-state index in [4.69, 9.17) is 5.11 Å². The van der Waals surface area contributed by atoms with Gasteiger partial charge < -0.3 is 10.4 Å². The van der Waals surface area contributed by atoms with Gasteiger partial charge in [0, 0.05) is 0 Å². The van der Waals surface area contributed by atoms with Gasteiger partial charge in [0.05, 0.1) is 0 Å². The second-order valence-corrected chi connectivity index (χ2v) is 4.36. The van der Waals surface area contributed by atoms with Gasteiger partial charge in [-0.1, -0.05) is 13.8 Å². The van der Waals surface area contributed by atoms with Gasteiger partial charge >= 0.3 is 5.97 Å². The van der Waals surface area contributed by atoms with Crippen molar-refractivity contribution in [3.05, 3.63) is 0 Å². The number of nitrogens with one attached hydrogen (secondary N) is 1. The Kier molecular flexibility index (Phi) is 6.12. The van der Waals surface area contributed by atoms with Crippen molar-refractivity contribution in [3.63, 3.8) is 0 Å². The normalized spacial score (nSPS) is 27.1. The topological polar surface area (TPSA) is 49.3 Å². The first-order chi connectivity index (χ1) is 6.09. The van der Waals surface area contributed by atoms with Gasteiger partial charge in [0.25, 0.3) is 0 Å². The van der Waals surface area contributed by atoms with E-state index in [1.165, 1.54) is 0 Å². The van der Waals surface area contributed by atoms with Crippen LogP contribution in [-0.4, -0.2) is 23.7 Å². The van der Waals surface area contributed by atoms with Crippen LogP contribution in [0.3, 0.4) is 0 Å². The van der Waals surface area contributed by atoms with Crippen molar-refractivity contribution in [2.75, 3.05) is 6.54 Å². The van der Waals surface area contributed by atoms with Gasteiger partial charge in [-0.25, -0.2) is 0 Å². The minimum atomic E-state index is -0.701. The molecule has 1 heterocycles. The average molecular weight is 222 g/mol. The molecule has 0 spiro atoms. The van der Waals surface area contributed by atoms with E-state index in [2.05, 4.69) is 19.2 Å². The molecule has 0 aromatic carbocycles. The lowest BCUT2D eigenvalue weighted by Gasteiger charge is -2.28. The number of carboxylic acid groups (broad SMARTS) is 1. The molecular weight excluding hydrogens is 202 g/mol. The van der Waals surface area contributed by atoms with Crippen LogP contribution in [0.4, 0.5) is 0 Å². The smallest absolute Gasteiger partial charge is 0.320 e. The molecule has 2 N–H and O–H groups in total. The fraction of sp³-hybridized carbons (Fsp3) is 0.900. The van der Waals surface area contributed by atoms with E-state index in [-0.39, 0.29) is 18.4 Å². The van der Waals surface area contributed by atoms with Crippen LogP contribution < -0.4 is 5.32 Å². The molecule has 0 radical (unpaired) electrons. The van der Waals surface area contributed by atoms with Crippen LogP contribution >= 0.6 is 12.4 Å². The first kappa shape index (κ1) is 13.7. The number of carboxylic acids is 1. The molecule has 2 atom stereocenters. The lowest BCUT2D eigenvalue weighted by atomic mass is 9.86. The minimum Gasteiger partial charge on any atom is -0.480 e. The molecule has 0 saturated carbocycles. The van der Waals surface area contributed by atoms with Gasteiger partial charge in [-0.2, -0.15) is 0 Å². The van der Waals surface area contributed by atoms with Crippen molar-refractivity contribution >= 4 is 18.4 Å². The van der Waals surface area contributed by atoms with E-state index < -0.39 is 5.97 Å². The Morgan fingerprint density at radius 2 is 2.21 bits per heavy atom. The third-order valence-corrected chi connectivity index (χ3v) is 2.62. The number of hydrogen-bond acceptors (Lipinski definition) is 2. The second kappa shape index (κ2) is 6.25. The molecule has 0 bridgehead atoms. The van der Waals surface area contributed by atoms with E-state index in [0.717, 1.165) is 25.8 Å². The summed E-state index contributed by atoms with van der Waals surface area (Å²) < 4.78 is 0. The molecule has 0 aromatic rings. The van der Waals surface area contributed by atoms with Crippen molar-refractivity contribution in [2.24, 2.45) is 11.8 Å². The Balaban J connectivity index is 0.00000169. The van der Waals surface area contributed by atoms with Crippen LogP contribution in [0, 0.1) is 11.8 Å². The Bertz CT molecular complexity index is 185. The summed E-state index contributed by atoms with van der Waals surface area (Å²) in [6.45, 7) is 5.24. The van der Waals surface area contributed by atoms with E-state index in [1.807, 2.05) is 0 Å². The van der Waals surface area contributed by atoms with Crippen LogP contribution in [0.15, 0.2) is 0 Å². The predicted molar refractivity (Wildman–Crippen MR) is 58.9 cm³/mol. The second-order valence-electron chi connectivity index (χ2n) is 4.36. The summed E-state index contributed by atoms with van der Waals surface area (Å²) in [6, 6.07) is -0.308. The summed E-state index contributed by atoms with van der Waals surface area (Å²) in [5, 5.41) is 11.8. The summed E-state index contributed by atoms with van der Waals surface area (Å²) in [6.07, 6.45) is 3.08. The number of halogens is 1. The fourth-order valence-corrected chi connectivity index (χ4v) is 2.07. The van der Waals surface area contributed by atoms with Crippen molar-refractivity contribution in [1.82, 2.24) is 5.32 Å². The zero-order valence-corrected chi connectivity index (χ0v) is 9.64. The summed E-state index contributed by atoms with van der Waals surface area (Å²) in [7, 11) is 0. The summed E-state index contributed by atoms with van der Waals surface area (Å²) in [5.74, 6) is 0.577. The fourth-order valence-electron chi connectivity index (χ4n) is 2.07. The molecule has 1 saturated heterocycles. The Morgan fingerprint density at radius 3 is 2.71 bits per heavy atom. The maximum Gasteiger partial charge on any atom is 0.320 e. The van der Waals surface area contributed by atoms with Crippen LogP contribution in [0.1, 0.15) is 33.1 Å². The quantitative estimate of drug-likeness (QED) is 0.766. The van der Waals surface area contributed by atoms with Crippen LogP contribution in [0.2, 0.25) is 0 Å². The number of rotatable bonds is 3. The maximum atomic E-state index is 10.7. The van der Waals surface area contributed by atoms with Gasteiger partial charge in [0.15, 0.2) is 0 Å². The highest BCUT2D eigenvalue weighted by Crippen LogP contribution is 2.23. The zero-order valence-electron chi connectivity index (χ0n) is 8.82. The van der Waals surface area contributed by atoms with Gasteiger partial charge in [-0.15, -0.1) is 12.4 Å². The lowest BCUT2D eigenvalue weighted by Crippen LogP contribution is -2.43. The Morgan fingerprint density at radius 1 is 1.57 bits per heavy atom. The first-order valence-corrected chi connectivity index (χ1v) is 5.05. The number of carbonyl (C=O) groups is 1. The highest BCUT2D eigenvalue weighted by molar-refractivity contribution is 5.85. The highest BCUT2D eigenvalue weighted by Gasteiger charge is 2.26. The predicted octanol–water partition coefficient (Wildman–Crippen LogP) is 1.91. The first-order valence-electron chi connectivity index (χ1n) is 5.05. The third-order valence-electron chi connectivity index (χ3n) is 2.62. The molecule has 1 aliphatic heterocycles. The van der Waals surface area contributed by atoms with Gasteiger partial charge in [-0.3, -0.25) is 4.79 Å². The summed E-state index contributed by atoms with van der Waals surface area (Å²) in [5.41, 5.74) is 0. The van der Waals surface area contributed by atoms with Gasteiger partial charge in [-0.05, 0) is 37.6 Å². The molecule has 1 fully saturated rings. The van der Waals surface area contributed by atoms with Crippen molar-refractivity contribution in [2.45, 2.75) is 39.2 Å². The third kappa shape index (κ3) is 4.29. The number of hydrogen-bond donors (Lipinski definition) is 2. The van der Waals surface area contributed by atoms with Crippen molar-refractivity contribution < 1.29 is 9.90 Å². The minimum absolute atomic E-state index is 0. The molecule has 0 unspecified atom stereocenters. The Labute approximate surface area is 91.7 Å². The van der Waals surface area contributed by atoms with E-state index >= 15 is 0 Å². The van der Waals surface area contributed by atoms with Crippen molar-refractivity contribution in [3.8, 4) is 0 Å². The van der Waals surface area contributed by atoms with Crippen LogP contribution in [0.25, 0.3) is 0 Å². The summed E-state index contributed by atoms with van der Waals surface area (Å²) >= 11 is 0. The number of aliphatic carboxylic acids is 1. The average Bonchev–Trinajstić information content (AvgIpc) is 2.03. The molecule has 0 aliphatic carbocycles. The lowest BCUT2D eigenvalue weighted by molar-refractivity contribution is -0.140. The van der Waals surface area contributed by atoms with Gasteiger partial charge in [0.2, 0.25) is 0 Å².